The van der Waals surface area contributed by atoms with Gasteiger partial charge in [0.05, 0.1) is 19.3 Å². The normalized spacial score (nSPS) is 27.2. The Morgan fingerprint density at radius 3 is 1.79 bits per heavy atom. The van der Waals surface area contributed by atoms with Crippen LogP contribution in [0.2, 0.25) is 0 Å². The SMILES string of the molecule is CC=C(C)C(=O)NCC1NC(=O)C(C(=O)O)NC(=O)C(O)CNC(=O)C(C(C)O)NC(=O)C(C(O)C(O)C(N)=O)NC(=O)C(C(C)C)NC(=O)C(CO)NC1=O. The molecule has 0 saturated carbocycles. The first-order chi connectivity index (χ1) is 26.0. The van der Waals surface area contributed by atoms with Crippen LogP contribution in [-0.2, 0) is 47.9 Å². The molecule has 1 aliphatic rings. The Bertz CT molecular complexity index is 1550. The van der Waals surface area contributed by atoms with E-state index < -0.39 is 145 Å². The zero-order valence-corrected chi connectivity index (χ0v) is 30.9. The van der Waals surface area contributed by atoms with Gasteiger partial charge in [-0.15, -0.1) is 0 Å². The fourth-order valence-electron chi connectivity index (χ4n) is 4.61. The maximum Gasteiger partial charge on any atom is 0.336 e. The van der Waals surface area contributed by atoms with Crippen LogP contribution < -0.4 is 48.3 Å². The lowest BCUT2D eigenvalue weighted by Gasteiger charge is -2.31. The van der Waals surface area contributed by atoms with Gasteiger partial charge in [-0.2, -0.15) is 0 Å². The lowest BCUT2D eigenvalue weighted by molar-refractivity contribution is -0.148. The second kappa shape index (κ2) is 22.0. The van der Waals surface area contributed by atoms with Crippen LogP contribution in [0.25, 0.3) is 0 Å². The minimum Gasteiger partial charge on any atom is -0.479 e. The largest absolute Gasteiger partial charge is 0.479 e. The molecule has 0 radical (unpaired) electrons. The van der Waals surface area contributed by atoms with Crippen molar-refractivity contribution in [3.05, 3.63) is 11.6 Å². The summed E-state index contributed by atoms with van der Waals surface area (Å²) in [5.41, 5.74) is 5.19. The third kappa shape index (κ3) is 13.8. The Kier molecular flexibility index (Phi) is 18.9. The number of allylic oxidation sites excluding steroid dienone is 1. The van der Waals surface area contributed by atoms with Crippen molar-refractivity contribution in [3.63, 3.8) is 0 Å². The zero-order chi connectivity index (χ0) is 43.2. The van der Waals surface area contributed by atoms with Crippen molar-refractivity contribution in [2.24, 2.45) is 11.7 Å². The van der Waals surface area contributed by atoms with Crippen molar-refractivity contribution in [3.8, 4) is 0 Å². The Morgan fingerprint density at radius 2 is 1.29 bits per heavy atom. The number of carbonyl (C=O) groups excluding carboxylic acids is 9. The van der Waals surface area contributed by atoms with Gasteiger partial charge >= 0.3 is 5.97 Å². The fourth-order valence-corrected chi connectivity index (χ4v) is 4.61. The summed E-state index contributed by atoms with van der Waals surface area (Å²) in [7, 11) is 0. The van der Waals surface area contributed by atoms with Crippen LogP contribution in [0.4, 0.5) is 0 Å². The number of hydrogen-bond acceptors (Lipinski definition) is 15. The number of hydrogen-bond donors (Lipinski definition) is 15. The summed E-state index contributed by atoms with van der Waals surface area (Å²) in [5.74, 6) is -15.1. The monoisotopic (exact) mass is 803 g/mol. The van der Waals surface area contributed by atoms with E-state index in [1.165, 1.54) is 33.8 Å². The van der Waals surface area contributed by atoms with E-state index in [2.05, 4.69) is 16.0 Å². The number of carboxylic acid groups (broad SMARTS) is 1. The maximum absolute atomic E-state index is 13.5. The molecule has 1 aliphatic heterocycles. The highest BCUT2D eigenvalue weighted by Gasteiger charge is 2.41. The molecule has 56 heavy (non-hydrogen) atoms. The average molecular weight is 804 g/mol. The first kappa shape index (κ1) is 48.3. The lowest BCUT2D eigenvalue weighted by atomic mass is 9.99. The number of aliphatic hydroxyl groups excluding tert-OH is 5. The highest BCUT2D eigenvalue weighted by Crippen LogP contribution is 2.08. The van der Waals surface area contributed by atoms with E-state index in [0.717, 1.165) is 6.92 Å². The predicted molar refractivity (Wildman–Crippen MR) is 185 cm³/mol. The molecular weight excluding hydrogens is 754 g/mol. The van der Waals surface area contributed by atoms with Crippen LogP contribution in [0, 0.1) is 5.92 Å². The third-order valence-electron chi connectivity index (χ3n) is 8.12. The van der Waals surface area contributed by atoms with Crippen molar-refractivity contribution in [1.29, 1.82) is 0 Å². The molecule has 0 aromatic carbocycles. The molecule has 1 saturated heterocycles. The smallest absolute Gasteiger partial charge is 0.336 e. The van der Waals surface area contributed by atoms with Gasteiger partial charge in [0.2, 0.25) is 47.4 Å². The van der Waals surface area contributed by atoms with Crippen LogP contribution in [-0.4, -0.2) is 170 Å². The molecule has 1 rings (SSSR count). The number of nitrogens with two attached hydrogens (primary N) is 1. The number of rotatable bonds is 10. The molecule has 9 amide bonds. The number of β-amino-alcohol motifs (C(OH)–C–C–N with tert-alkyl or cyclic N) is 1. The Balaban J connectivity index is 3.81. The van der Waals surface area contributed by atoms with E-state index in [0.29, 0.717) is 0 Å². The number of aliphatic hydroxyl groups is 5. The van der Waals surface area contributed by atoms with E-state index in [4.69, 9.17) is 5.73 Å². The Labute approximate surface area is 318 Å². The molecule has 10 unspecified atom stereocenters. The summed E-state index contributed by atoms with van der Waals surface area (Å²) in [4.78, 5) is 129. The highest BCUT2D eigenvalue weighted by atomic mass is 16.4. The first-order valence-corrected chi connectivity index (χ1v) is 16.8. The summed E-state index contributed by atoms with van der Waals surface area (Å²) < 4.78 is 0. The molecule has 25 nitrogen and oxygen atoms in total. The standard InChI is InChI=1S/C31H49N9O16/c1-6-11(4)23(47)33-7-13-24(48)36-14(9-41)25(49)37-16(10(2)3)28(52)39-18(20(44)21(45)22(32)46)29(53)38-17(12(5)42)27(51)34-8-15(43)26(50)40-19(31(55)56)30(54)35-13/h6,10,12-21,41-45H,7-9H2,1-5H3,(H2,32,46)(H,33,47)(H,34,51)(H,35,54)(H,36,48)(H,37,49)(H,38,53)(H,39,52)(H,40,50)(H,55,56). The molecule has 0 spiro atoms. The highest BCUT2D eigenvalue weighted by molar-refractivity contribution is 6.06. The number of carboxylic acids is 1. The van der Waals surface area contributed by atoms with Crippen LogP contribution >= 0.6 is 0 Å². The van der Waals surface area contributed by atoms with Crippen molar-refractivity contribution in [2.45, 2.75) is 95.3 Å². The second-order valence-electron chi connectivity index (χ2n) is 12.8. The molecule has 0 aromatic rings. The molecule has 1 fully saturated rings. The molecular formula is C31H49N9O16. The van der Waals surface area contributed by atoms with Gasteiger partial charge in [0, 0.05) is 12.1 Å². The summed E-state index contributed by atoms with van der Waals surface area (Å²) in [5, 5.41) is 77.4. The van der Waals surface area contributed by atoms with E-state index in [1.54, 1.807) is 5.32 Å². The summed E-state index contributed by atoms with van der Waals surface area (Å²) in [6, 6.07) is -12.4. The van der Waals surface area contributed by atoms with Gasteiger partial charge in [-0.25, -0.2) is 4.79 Å². The maximum atomic E-state index is 13.5. The van der Waals surface area contributed by atoms with Crippen LogP contribution in [0.1, 0.15) is 34.6 Å². The first-order valence-electron chi connectivity index (χ1n) is 16.8. The Hall–Kier alpha value is -5.76. The topological polar surface area (TPSA) is 414 Å². The minimum atomic E-state index is -2.53. The molecule has 25 heteroatoms. The van der Waals surface area contributed by atoms with Crippen molar-refractivity contribution in [1.82, 2.24) is 42.5 Å². The Morgan fingerprint density at radius 1 is 0.768 bits per heavy atom. The van der Waals surface area contributed by atoms with E-state index in [9.17, 15) is 78.6 Å². The minimum absolute atomic E-state index is 0.147. The molecule has 1 heterocycles. The van der Waals surface area contributed by atoms with Crippen LogP contribution in [0.15, 0.2) is 11.6 Å². The van der Waals surface area contributed by atoms with Gasteiger partial charge in [0.1, 0.15) is 42.4 Å². The van der Waals surface area contributed by atoms with Crippen molar-refractivity contribution >= 4 is 59.1 Å². The molecule has 0 aromatic heterocycles. The third-order valence-corrected chi connectivity index (χ3v) is 8.12. The number of nitrogens with one attached hydrogen (secondary N) is 8. The molecule has 0 aliphatic carbocycles. The average Bonchev–Trinajstić information content (AvgIpc) is 3.13. The van der Waals surface area contributed by atoms with Gasteiger partial charge in [-0.05, 0) is 26.7 Å². The fraction of sp³-hybridized carbons (Fsp3) is 0.613. The van der Waals surface area contributed by atoms with E-state index >= 15 is 0 Å². The van der Waals surface area contributed by atoms with E-state index in [-0.39, 0.29) is 5.57 Å². The quantitative estimate of drug-likeness (QED) is 0.0720. The molecule has 16 N–H and O–H groups in total. The lowest BCUT2D eigenvalue weighted by Crippen LogP contribution is -2.66. The number of primary amides is 1. The predicted octanol–water partition coefficient (Wildman–Crippen LogP) is -9.21. The molecule has 0 bridgehead atoms. The van der Waals surface area contributed by atoms with Crippen molar-refractivity contribution in [2.75, 3.05) is 19.7 Å². The molecule has 10 atom stereocenters. The van der Waals surface area contributed by atoms with Gasteiger partial charge in [-0.3, -0.25) is 43.2 Å². The summed E-state index contributed by atoms with van der Waals surface area (Å²) in [6.07, 6.45) is -7.76. The second-order valence-corrected chi connectivity index (χ2v) is 12.8. The van der Waals surface area contributed by atoms with Gasteiger partial charge in [-0.1, -0.05) is 19.9 Å². The van der Waals surface area contributed by atoms with Crippen LogP contribution in [0.5, 0.6) is 0 Å². The van der Waals surface area contributed by atoms with E-state index in [1.807, 2.05) is 21.3 Å². The van der Waals surface area contributed by atoms with Crippen molar-refractivity contribution < 1.29 is 78.6 Å². The number of carbonyl (C=O) groups is 10. The number of amides is 9. The summed E-state index contributed by atoms with van der Waals surface area (Å²) >= 11 is 0. The van der Waals surface area contributed by atoms with Gasteiger partial charge in [0.25, 0.3) is 11.8 Å². The number of aliphatic carboxylic acids is 1. The van der Waals surface area contributed by atoms with Gasteiger partial charge < -0.3 is 78.9 Å². The molecule has 314 valence electrons. The van der Waals surface area contributed by atoms with Crippen LogP contribution in [0.3, 0.4) is 0 Å². The van der Waals surface area contributed by atoms with Gasteiger partial charge in [0.15, 0.2) is 6.10 Å². The zero-order valence-electron chi connectivity index (χ0n) is 30.9. The summed E-state index contributed by atoms with van der Waals surface area (Å²) in [6.45, 7) is 3.67.